The Bertz CT molecular complexity index is 459. The minimum absolute atomic E-state index is 0.134. The molecule has 0 saturated heterocycles. The van der Waals surface area contributed by atoms with Crippen molar-refractivity contribution in [1.29, 1.82) is 0 Å². The topological polar surface area (TPSA) is 55.1 Å². The molecule has 0 saturated carbocycles. The van der Waals surface area contributed by atoms with Crippen molar-refractivity contribution in [3.05, 3.63) is 27.2 Å². The molecule has 0 radical (unpaired) electrons. The molecule has 1 amide bonds. The van der Waals surface area contributed by atoms with Gasteiger partial charge in [0.25, 0.3) is 0 Å². The van der Waals surface area contributed by atoms with Crippen LogP contribution < -0.4 is 11.1 Å². The van der Waals surface area contributed by atoms with E-state index in [1.54, 1.807) is 0 Å². The van der Waals surface area contributed by atoms with Gasteiger partial charge in [-0.25, -0.2) is 0 Å². The van der Waals surface area contributed by atoms with Gasteiger partial charge in [0, 0.05) is 11.4 Å². The second-order valence-electron chi connectivity index (χ2n) is 3.25. The van der Waals surface area contributed by atoms with Crippen molar-refractivity contribution in [3.63, 3.8) is 0 Å². The van der Waals surface area contributed by atoms with Crippen LogP contribution in [0, 0.1) is 12.3 Å². The molecular formula is C11H9Cl3N2O. The lowest BCUT2D eigenvalue weighted by Gasteiger charge is -2.12. The van der Waals surface area contributed by atoms with Gasteiger partial charge in [-0.1, -0.05) is 34.8 Å². The largest absolute Gasteiger partial charge is 0.322 e. The first-order valence-electron chi connectivity index (χ1n) is 4.60. The average Bonchev–Trinajstić information content (AvgIpc) is 2.23. The molecule has 1 unspecified atom stereocenters. The van der Waals surface area contributed by atoms with Gasteiger partial charge in [0.15, 0.2) is 0 Å². The molecule has 3 N–H and O–H groups in total. The van der Waals surface area contributed by atoms with Crippen molar-refractivity contribution in [2.45, 2.75) is 12.5 Å². The number of nitrogens with two attached hydrogens (primary N) is 1. The number of nitrogens with one attached hydrogen (secondary N) is 1. The Morgan fingerprint density at radius 1 is 1.41 bits per heavy atom. The molecule has 0 bridgehead atoms. The smallest absolute Gasteiger partial charge is 0.242 e. The van der Waals surface area contributed by atoms with Gasteiger partial charge in [-0.15, -0.1) is 12.3 Å². The summed E-state index contributed by atoms with van der Waals surface area (Å²) in [7, 11) is 0. The number of carbonyl (C=O) groups excluding carboxylic acids is 1. The summed E-state index contributed by atoms with van der Waals surface area (Å²) in [4.78, 5) is 11.6. The number of terminal acetylenes is 1. The molecular weight excluding hydrogens is 282 g/mol. The lowest BCUT2D eigenvalue weighted by Crippen LogP contribution is -2.35. The number of anilines is 1. The number of rotatable bonds is 3. The fourth-order valence-electron chi connectivity index (χ4n) is 1.10. The summed E-state index contributed by atoms with van der Waals surface area (Å²) >= 11 is 17.5. The zero-order valence-corrected chi connectivity index (χ0v) is 10.9. The molecule has 0 spiro atoms. The van der Waals surface area contributed by atoms with Crippen LogP contribution >= 0.6 is 34.8 Å². The second-order valence-corrected chi connectivity index (χ2v) is 4.50. The molecule has 1 atom stereocenters. The Morgan fingerprint density at radius 3 is 2.41 bits per heavy atom. The van der Waals surface area contributed by atoms with Crippen molar-refractivity contribution >= 4 is 46.4 Å². The summed E-state index contributed by atoms with van der Waals surface area (Å²) in [5.74, 6) is 1.85. The third kappa shape index (κ3) is 3.79. The highest BCUT2D eigenvalue weighted by molar-refractivity contribution is 6.42. The number of hydrogen-bond acceptors (Lipinski definition) is 2. The normalized spacial score (nSPS) is 11.7. The fraction of sp³-hybridized carbons (Fsp3) is 0.182. The van der Waals surface area contributed by atoms with Crippen molar-refractivity contribution in [1.82, 2.24) is 0 Å². The highest BCUT2D eigenvalue weighted by atomic mass is 35.5. The number of amides is 1. The summed E-state index contributed by atoms with van der Waals surface area (Å²) < 4.78 is 0. The Morgan fingerprint density at radius 2 is 1.94 bits per heavy atom. The van der Waals surface area contributed by atoms with E-state index >= 15 is 0 Å². The zero-order chi connectivity index (χ0) is 13.0. The Kier molecular flexibility index (Phi) is 5.10. The van der Waals surface area contributed by atoms with Crippen LogP contribution in [0.25, 0.3) is 0 Å². The minimum Gasteiger partial charge on any atom is -0.322 e. The molecule has 0 heterocycles. The minimum atomic E-state index is -0.803. The second kappa shape index (κ2) is 6.13. The van der Waals surface area contributed by atoms with Crippen LogP contribution in [-0.4, -0.2) is 11.9 Å². The number of halogens is 3. The molecule has 3 nitrogen and oxygen atoms in total. The van der Waals surface area contributed by atoms with E-state index in [0.29, 0.717) is 5.02 Å². The Hall–Kier alpha value is -0.920. The van der Waals surface area contributed by atoms with E-state index in [-0.39, 0.29) is 22.2 Å². The number of carbonyl (C=O) groups is 1. The SMILES string of the molecule is C#CCC(N)C(=O)Nc1c(Cl)cc(Cl)cc1Cl. The van der Waals surface area contributed by atoms with Gasteiger partial charge in [-0.2, -0.15) is 0 Å². The molecule has 0 aliphatic heterocycles. The summed E-state index contributed by atoms with van der Waals surface area (Å²) in [6, 6.07) is 2.14. The molecule has 90 valence electrons. The molecule has 0 aliphatic rings. The van der Waals surface area contributed by atoms with Crippen LogP contribution in [0.4, 0.5) is 5.69 Å². The first-order valence-corrected chi connectivity index (χ1v) is 5.73. The van der Waals surface area contributed by atoms with Gasteiger partial charge < -0.3 is 11.1 Å². The number of benzene rings is 1. The van der Waals surface area contributed by atoms with Crippen LogP contribution in [0.3, 0.4) is 0 Å². The van der Waals surface area contributed by atoms with Crippen molar-refractivity contribution in [3.8, 4) is 12.3 Å². The summed E-state index contributed by atoms with van der Waals surface area (Å²) in [5.41, 5.74) is 5.81. The highest BCUT2D eigenvalue weighted by Gasteiger charge is 2.16. The van der Waals surface area contributed by atoms with Crippen molar-refractivity contribution in [2.24, 2.45) is 5.73 Å². The standard InChI is InChI=1S/C11H9Cl3N2O/c1-2-3-9(15)11(17)16-10-7(13)4-6(12)5-8(10)14/h1,4-5,9H,3,15H2,(H,16,17). The van der Waals surface area contributed by atoms with Gasteiger partial charge in [0.1, 0.15) is 0 Å². The van der Waals surface area contributed by atoms with E-state index in [1.165, 1.54) is 12.1 Å². The molecule has 1 aromatic carbocycles. The third-order valence-corrected chi connectivity index (χ3v) is 2.74. The van der Waals surface area contributed by atoms with Crippen LogP contribution in [-0.2, 0) is 4.79 Å². The van der Waals surface area contributed by atoms with E-state index in [1.807, 2.05) is 0 Å². The van der Waals surface area contributed by atoms with Crippen molar-refractivity contribution in [2.75, 3.05) is 5.32 Å². The molecule has 1 aromatic rings. The quantitative estimate of drug-likeness (QED) is 0.841. The summed E-state index contributed by atoms with van der Waals surface area (Å²) in [6.45, 7) is 0. The van der Waals surface area contributed by atoms with Gasteiger partial charge in [-0.05, 0) is 12.1 Å². The van der Waals surface area contributed by atoms with E-state index in [0.717, 1.165) is 0 Å². The monoisotopic (exact) mass is 290 g/mol. The predicted octanol–water partition coefficient (Wildman–Crippen LogP) is 2.94. The van der Waals surface area contributed by atoms with Crippen LogP contribution in [0.5, 0.6) is 0 Å². The van der Waals surface area contributed by atoms with Crippen molar-refractivity contribution < 1.29 is 4.79 Å². The zero-order valence-electron chi connectivity index (χ0n) is 8.64. The maximum atomic E-state index is 11.6. The third-order valence-electron chi connectivity index (χ3n) is 1.93. The van der Waals surface area contributed by atoms with E-state index in [2.05, 4.69) is 11.2 Å². The highest BCUT2D eigenvalue weighted by Crippen LogP contribution is 2.33. The first-order chi connectivity index (χ1) is 7.95. The summed E-state index contributed by atoms with van der Waals surface area (Å²) in [5, 5.41) is 3.37. The van der Waals surface area contributed by atoms with Gasteiger partial charge >= 0.3 is 0 Å². The van der Waals surface area contributed by atoms with Gasteiger partial charge in [0.2, 0.25) is 5.91 Å². The molecule has 6 heteroatoms. The van der Waals surface area contributed by atoms with E-state index < -0.39 is 11.9 Å². The molecule has 0 aliphatic carbocycles. The first kappa shape index (κ1) is 14.1. The lowest BCUT2D eigenvalue weighted by atomic mass is 10.2. The predicted molar refractivity (Wildman–Crippen MR) is 71.5 cm³/mol. The molecule has 0 fully saturated rings. The van der Waals surface area contributed by atoms with E-state index in [4.69, 9.17) is 47.0 Å². The van der Waals surface area contributed by atoms with Gasteiger partial charge in [-0.3, -0.25) is 4.79 Å². The fourth-order valence-corrected chi connectivity index (χ4v) is 2.01. The maximum Gasteiger partial charge on any atom is 0.242 e. The maximum absolute atomic E-state index is 11.6. The number of hydrogen-bond donors (Lipinski definition) is 2. The van der Waals surface area contributed by atoms with Crippen LogP contribution in [0.2, 0.25) is 15.1 Å². The Balaban J connectivity index is 2.90. The Labute approximate surface area is 114 Å². The lowest BCUT2D eigenvalue weighted by molar-refractivity contribution is -0.117. The average molecular weight is 292 g/mol. The van der Waals surface area contributed by atoms with Crippen LogP contribution in [0.15, 0.2) is 12.1 Å². The van der Waals surface area contributed by atoms with Crippen LogP contribution in [0.1, 0.15) is 6.42 Å². The van der Waals surface area contributed by atoms with Gasteiger partial charge in [0.05, 0.1) is 21.8 Å². The van der Waals surface area contributed by atoms with E-state index in [9.17, 15) is 4.79 Å². The molecule has 17 heavy (non-hydrogen) atoms. The molecule has 0 aromatic heterocycles. The summed E-state index contributed by atoms with van der Waals surface area (Å²) in [6.07, 6.45) is 5.19. The molecule has 1 rings (SSSR count).